The molecule has 0 saturated heterocycles. The summed E-state index contributed by atoms with van der Waals surface area (Å²) in [5.41, 5.74) is -0.105. The van der Waals surface area contributed by atoms with E-state index in [1.54, 1.807) is 26.4 Å². The van der Waals surface area contributed by atoms with E-state index in [0.29, 0.717) is 12.8 Å². The Kier molecular flexibility index (Phi) is 3.95. The Balaban J connectivity index is 2.64. The first-order chi connectivity index (χ1) is 9.44. The van der Waals surface area contributed by atoms with Gasteiger partial charge in [0, 0.05) is 30.9 Å². The molecule has 2 atom stereocenters. The smallest absolute Gasteiger partial charge is 0.140 e. The van der Waals surface area contributed by atoms with Gasteiger partial charge in [0.15, 0.2) is 0 Å². The zero-order valence-corrected chi connectivity index (χ0v) is 12.4. The number of aliphatic hydroxyl groups excluding tert-OH is 1. The number of fused-ring (bicyclic) bond motifs is 2. The van der Waals surface area contributed by atoms with E-state index >= 15 is 0 Å². The van der Waals surface area contributed by atoms with Gasteiger partial charge in [-0.15, -0.1) is 0 Å². The van der Waals surface area contributed by atoms with Gasteiger partial charge in [0.2, 0.25) is 0 Å². The molecule has 0 aliphatic heterocycles. The minimum Gasteiger partial charge on any atom is -0.500 e. The summed E-state index contributed by atoms with van der Waals surface area (Å²) < 4.78 is 11.3. The second kappa shape index (κ2) is 5.37. The fourth-order valence-corrected chi connectivity index (χ4v) is 3.06. The number of ether oxygens (including phenoxy) is 2. The van der Waals surface area contributed by atoms with Crippen molar-refractivity contribution in [2.75, 3.05) is 14.2 Å². The lowest BCUT2D eigenvalue weighted by molar-refractivity contribution is -0.0178. The van der Waals surface area contributed by atoms with Gasteiger partial charge in [-0.25, -0.2) is 0 Å². The Hall–Kier alpha value is -1.68. The van der Waals surface area contributed by atoms with Gasteiger partial charge in [0.25, 0.3) is 0 Å². The summed E-state index contributed by atoms with van der Waals surface area (Å²) in [7, 11) is 3.29. The van der Waals surface area contributed by atoms with Gasteiger partial charge in [0.05, 0.1) is 7.11 Å². The van der Waals surface area contributed by atoms with Crippen LogP contribution in [0.2, 0.25) is 0 Å². The Morgan fingerprint density at radius 3 is 2.60 bits per heavy atom. The minimum atomic E-state index is -0.858. The van der Waals surface area contributed by atoms with Crippen LogP contribution in [0.3, 0.4) is 0 Å². The highest BCUT2D eigenvalue weighted by Gasteiger charge is 2.46. The molecule has 20 heavy (non-hydrogen) atoms. The van der Waals surface area contributed by atoms with Gasteiger partial charge in [-0.05, 0) is 12.2 Å². The fraction of sp³-hybridized carbons (Fsp3) is 0.529. The van der Waals surface area contributed by atoms with Crippen LogP contribution in [-0.2, 0) is 9.47 Å². The van der Waals surface area contributed by atoms with Crippen LogP contribution in [-0.4, -0.2) is 31.0 Å². The summed E-state index contributed by atoms with van der Waals surface area (Å²) in [6, 6.07) is 0. The molecule has 1 N–H and O–H groups in total. The molecule has 0 fully saturated rings. The fourth-order valence-electron chi connectivity index (χ4n) is 3.06. The van der Waals surface area contributed by atoms with Crippen LogP contribution in [0, 0.1) is 29.1 Å². The largest absolute Gasteiger partial charge is 0.500 e. The van der Waals surface area contributed by atoms with E-state index in [9.17, 15) is 5.11 Å². The standard InChI is InChI=1S/C17H20O3/c1-16(2)12-17(20-4)10-8-6-5-7-9-14(18)13(11-17)15(16)19-3/h5-6,14,18H,11-12H2,1-4H3/t14?,17-/m1/s1. The molecule has 0 aromatic heterocycles. The molecular formula is C17H20O3. The van der Waals surface area contributed by atoms with Crippen molar-refractivity contribution in [1.29, 1.82) is 0 Å². The number of hydrogen-bond donors (Lipinski definition) is 1. The van der Waals surface area contributed by atoms with E-state index in [0.717, 1.165) is 11.3 Å². The lowest BCUT2D eigenvalue weighted by Gasteiger charge is -2.43. The Morgan fingerprint density at radius 2 is 1.95 bits per heavy atom. The monoisotopic (exact) mass is 272 g/mol. The van der Waals surface area contributed by atoms with Crippen LogP contribution >= 0.6 is 0 Å². The van der Waals surface area contributed by atoms with Crippen molar-refractivity contribution in [3.05, 3.63) is 23.5 Å². The summed E-state index contributed by atoms with van der Waals surface area (Å²) in [5, 5.41) is 10.3. The summed E-state index contributed by atoms with van der Waals surface area (Å²) >= 11 is 0. The van der Waals surface area contributed by atoms with Crippen LogP contribution < -0.4 is 0 Å². The molecule has 2 aliphatic carbocycles. The van der Waals surface area contributed by atoms with Crippen molar-refractivity contribution >= 4 is 0 Å². The molecule has 0 aromatic rings. The van der Waals surface area contributed by atoms with Crippen molar-refractivity contribution in [2.24, 2.45) is 5.41 Å². The summed E-state index contributed by atoms with van der Waals surface area (Å²) in [5.74, 6) is 12.6. The van der Waals surface area contributed by atoms with E-state index in [-0.39, 0.29) is 5.41 Å². The zero-order valence-electron chi connectivity index (χ0n) is 12.4. The quantitative estimate of drug-likeness (QED) is 0.782. The minimum absolute atomic E-state index is 0.265. The van der Waals surface area contributed by atoms with Crippen LogP contribution in [0.4, 0.5) is 0 Å². The van der Waals surface area contributed by atoms with E-state index < -0.39 is 11.7 Å². The van der Waals surface area contributed by atoms with Crippen molar-refractivity contribution in [3.8, 4) is 23.7 Å². The van der Waals surface area contributed by atoms with Gasteiger partial charge < -0.3 is 14.6 Å². The first-order valence-electron chi connectivity index (χ1n) is 6.64. The maximum atomic E-state index is 10.3. The van der Waals surface area contributed by atoms with Gasteiger partial charge in [0.1, 0.15) is 17.5 Å². The molecule has 3 heteroatoms. The summed E-state index contributed by atoms with van der Waals surface area (Å²) in [6.45, 7) is 4.14. The van der Waals surface area contributed by atoms with Crippen molar-refractivity contribution in [2.45, 2.75) is 38.4 Å². The predicted molar refractivity (Wildman–Crippen MR) is 77.5 cm³/mol. The average Bonchev–Trinajstić information content (AvgIpc) is 2.40. The van der Waals surface area contributed by atoms with Crippen molar-refractivity contribution < 1.29 is 14.6 Å². The van der Waals surface area contributed by atoms with Crippen molar-refractivity contribution in [3.63, 3.8) is 0 Å². The normalized spacial score (nSPS) is 30.8. The van der Waals surface area contributed by atoms with E-state index in [1.165, 1.54) is 0 Å². The topological polar surface area (TPSA) is 38.7 Å². The molecule has 0 amide bonds. The lowest BCUT2D eigenvalue weighted by atomic mass is 9.68. The Morgan fingerprint density at radius 1 is 1.25 bits per heavy atom. The highest BCUT2D eigenvalue weighted by Crippen LogP contribution is 2.47. The molecule has 2 aliphatic rings. The molecule has 3 nitrogen and oxygen atoms in total. The molecular weight excluding hydrogens is 252 g/mol. The van der Waals surface area contributed by atoms with E-state index in [4.69, 9.17) is 9.47 Å². The van der Waals surface area contributed by atoms with Crippen molar-refractivity contribution in [1.82, 2.24) is 0 Å². The summed E-state index contributed by atoms with van der Waals surface area (Å²) in [6.07, 6.45) is 3.69. The molecule has 0 aromatic carbocycles. The lowest BCUT2D eigenvalue weighted by Crippen LogP contribution is -2.43. The maximum absolute atomic E-state index is 10.3. The number of hydrogen-bond acceptors (Lipinski definition) is 3. The second-order valence-corrected chi connectivity index (χ2v) is 5.79. The van der Waals surface area contributed by atoms with Gasteiger partial charge >= 0.3 is 0 Å². The molecule has 0 saturated carbocycles. The number of allylic oxidation sites excluding steroid dienone is 3. The average molecular weight is 272 g/mol. The van der Waals surface area contributed by atoms with Crippen LogP contribution in [0.5, 0.6) is 0 Å². The third kappa shape index (κ3) is 2.61. The third-order valence-corrected chi connectivity index (χ3v) is 3.80. The molecule has 1 unspecified atom stereocenters. The highest BCUT2D eigenvalue weighted by atomic mass is 16.5. The first-order valence-corrected chi connectivity index (χ1v) is 6.64. The highest BCUT2D eigenvalue weighted by molar-refractivity contribution is 5.40. The number of methoxy groups -OCH3 is 2. The van der Waals surface area contributed by atoms with Crippen LogP contribution in [0.15, 0.2) is 23.5 Å². The molecule has 2 bridgehead atoms. The van der Waals surface area contributed by atoms with Crippen LogP contribution in [0.1, 0.15) is 26.7 Å². The van der Waals surface area contributed by atoms with Crippen LogP contribution in [0.25, 0.3) is 0 Å². The molecule has 0 heterocycles. The summed E-state index contributed by atoms with van der Waals surface area (Å²) in [4.78, 5) is 0. The van der Waals surface area contributed by atoms with Gasteiger partial charge in [-0.2, -0.15) is 0 Å². The van der Waals surface area contributed by atoms with Gasteiger partial charge in [-0.1, -0.05) is 37.5 Å². The Bertz CT molecular complexity index is 575. The molecule has 2 rings (SSSR count). The SMILES string of the molecule is COC1=C2C[C@](OC)(C#CC=CC#CC2O)CC1(C)C. The Labute approximate surface area is 120 Å². The molecule has 106 valence electrons. The van der Waals surface area contributed by atoms with Gasteiger partial charge in [-0.3, -0.25) is 0 Å². The molecule has 0 spiro atoms. The third-order valence-electron chi connectivity index (χ3n) is 3.80. The zero-order chi connectivity index (χ0) is 14.8. The number of rotatable bonds is 2. The predicted octanol–water partition coefficient (Wildman–Crippen LogP) is 2.03. The molecule has 0 radical (unpaired) electrons. The van der Waals surface area contributed by atoms with E-state index in [1.807, 2.05) is 0 Å². The first kappa shape index (κ1) is 14.7. The van der Waals surface area contributed by atoms with E-state index in [2.05, 4.69) is 37.5 Å². The maximum Gasteiger partial charge on any atom is 0.140 e. The number of aliphatic hydroxyl groups is 1. The second-order valence-electron chi connectivity index (χ2n) is 5.79.